The molecule has 0 aromatic carbocycles. The molecule has 17 heavy (non-hydrogen) atoms. The number of piperidine rings is 1. The van der Waals surface area contributed by atoms with Crippen LogP contribution in [0.15, 0.2) is 0 Å². The molecule has 5 heteroatoms. The van der Waals surface area contributed by atoms with Crippen molar-refractivity contribution in [3.05, 3.63) is 0 Å². The molecule has 0 saturated carbocycles. The number of rotatable bonds is 5. The second-order valence-corrected chi connectivity index (χ2v) is 7.54. The lowest BCUT2D eigenvalue weighted by Crippen LogP contribution is -2.40. The Morgan fingerprint density at radius 2 is 2.00 bits per heavy atom. The van der Waals surface area contributed by atoms with Crippen molar-refractivity contribution in [3.8, 4) is 0 Å². The Kier molecular flexibility index (Phi) is 5.41. The van der Waals surface area contributed by atoms with E-state index in [1.807, 2.05) is 0 Å². The topological polar surface area (TPSA) is 63.4 Å². The molecule has 1 aliphatic heterocycles. The fraction of sp³-hybridized carbons (Fsp3) is 1.00. The molecule has 0 aromatic rings. The second-order valence-electron chi connectivity index (χ2n) is 5.56. The summed E-state index contributed by atoms with van der Waals surface area (Å²) in [5.74, 6) is 1.59. The van der Waals surface area contributed by atoms with Gasteiger partial charge in [0.05, 0.1) is 6.26 Å². The molecule has 0 bridgehead atoms. The monoisotopic (exact) mass is 262 g/mol. The van der Waals surface area contributed by atoms with Gasteiger partial charge in [0.1, 0.15) is 0 Å². The van der Waals surface area contributed by atoms with Crippen molar-refractivity contribution in [2.24, 2.45) is 23.5 Å². The standard InChI is InChI=1S/C12H26N2O2S/c1-10(11(2)8-13)7-12-5-4-6-14(9-12)17(3,15)16/h10-12H,4-9,13H2,1-3H3. The van der Waals surface area contributed by atoms with E-state index < -0.39 is 10.0 Å². The largest absolute Gasteiger partial charge is 0.330 e. The molecule has 0 radical (unpaired) electrons. The Morgan fingerprint density at radius 1 is 1.35 bits per heavy atom. The Labute approximate surface area is 106 Å². The summed E-state index contributed by atoms with van der Waals surface area (Å²) < 4.78 is 24.7. The first-order chi connectivity index (χ1) is 7.84. The van der Waals surface area contributed by atoms with Crippen LogP contribution in [0.25, 0.3) is 0 Å². The smallest absolute Gasteiger partial charge is 0.211 e. The first-order valence-electron chi connectivity index (χ1n) is 6.49. The minimum atomic E-state index is -3.01. The van der Waals surface area contributed by atoms with Crippen LogP contribution in [0.1, 0.15) is 33.1 Å². The highest BCUT2D eigenvalue weighted by Gasteiger charge is 2.27. The van der Waals surface area contributed by atoms with Crippen molar-refractivity contribution in [2.45, 2.75) is 33.1 Å². The molecule has 3 unspecified atom stereocenters. The second kappa shape index (κ2) is 6.16. The van der Waals surface area contributed by atoms with Crippen molar-refractivity contribution in [1.29, 1.82) is 0 Å². The van der Waals surface area contributed by atoms with Crippen LogP contribution in [0.2, 0.25) is 0 Å². The van der Waals surface area contributed by atoms with Gasteiger partial charge in [-0.05, 0) is 43.6 Å². The van der Waals surface area contributed by atoms with Gasteiger partial charge in [-0.1, -0.05) is 13.8 Å². The summed E-state index contributed by atoms with van der Waals surface area (Å²) in [7, 11) is -3.01. The molecule has 4 nitrogen and oxygen atoms in total. The first kappa shape index (κ1) is 14.9. The van der Waals surface area contributed by atoms with Crippen LogP contribution in [0.3, 0.4) is 0 Å². The van der Waals surface area contributed by atoms with E-state index in [9.17, 15) is 8.42 Å². The van der Waals surface area contributed by atoms with Gasteiger partial charge in [-0.15, -0.1) is 0 Å². The van der Waals surface area contributed by atoms with Crippen molar-refractivity contribution in [1.82, 2.24) is 4.31 Å². The molecule has 1 saturated heterocycles. The van der Waals surface area contributed by atoms with Gasteiger partial charge in [0.2, 0.25) is 10.0 Å². The Morgan fingerprint density at radius 3 is 2.53 bits per heavy atom. The van der Waals surface area contributed by atoms with Crippen molar-refractivity contribution >= 4 is 10.0 Å². The van der Waals surface area contributed by atoms with Crippen molar-refractivity contribution < 1.29 is 8.42 Å². The van der Waals surface area contributed by atoms with Crippen LogP contribution in [0, 0.1) is 17.8 Å². The molecule has 0 amide bonds. The zero-order chi connectivity index (χ0) is 13.1. The average molecular weight is 262 g/mol. The normalized spacial score (nSPS) is 26.7. The zero-order valence-electron chi connectivity index (χ0n) is 11.2. The first-order valence-corrected chi connectivity index (χ1v) is 8.34. The van der Waals surface area contributed by atoms with E-state index in [0.717, 1.165) is 19.3 Å². The predicted octanol–water partition coefficient (Wildman–Crippen LogP) is 1.28. The third-order valence-corrected chi connectivity index (χ3v) is 5.27. The van der Waals surface area contributed by atoms with E-state index in [1.54, 1.807) is 4.31 Å². The molecule has 0 aromatic heterocycles. The summed E-state index contributed by atoms with van der Waals surface area (Å²) >= 11 is 0. The minimum Gasteiger partial charge on any atom is -0.330 e. The highest BCUT2D eigenvalue weighted by atomic mass is 32.2. The average Bonchev–Trinajstić information content (AvgIpc) is 2.27. The quantitative estimate of drug-likeness (QED) is 0.812. The lowest BCUT2D eigenvalue weighted by Gasteiger charge is -2.33. The molecular formula is C12H26N2O2S. The molecule has 1 rings (SSSR count). The van der Waals surface area contributed by atoms with Crippen LogP contribution in [-0.4, -0.2) is 38.6 Å². The molecule has 0 spiro atoms. The van der Waals surface area contributed by atoms with Gasteiger partial charge in [0.25, 0.3) is 0 Å². The Bertz CT molecular complexity index is 329. The highest BCUT2D eigenvalue weighted by molar-refractivity contribution is 7.88. The van der Waals surface area contributed by atoms with Gasteiger partial charge in [0.15, 0.2) is 0 Å². The lowest BCUT2D eigenvalue weighted by molar-refractivity contribution is 0.214. The summed E-state index contributed by atoms with van der Waals surface area (Å²) in [5, 5.41) is 0. The van der Waals surface area contributed by atoms with Crippen LogP contribution >= 0.6 is 0 Å². The molecular weight excluding hydrogens is 236 g/mol. The zero-order valence-corrected chi connectivity index (χ0v) is 12.0. The fourth-order valence-corrected chi connectivity index (χ4v) is 3.45. The van der Waals surface area contributed by atoms with E-state index in [0.29, 0.717) is 37.4 Å². The van der Waals surface area contributed by atoms with Crippen LogP contribution < -0.4 is 5.73 Å². The maximum absolute atomic E-state index is 11.5. The van der Waals surface area contributed by atoms with E-state index in [1.165, 1.54) is 6.26 Å². The van der Waals surface area contributed by atoms with Crippen molar-refractivity contribution in [3.63, 3.8) is 0 Å². The Hall–Kier alpha value is -0.130. The summed E-state index contributed by atoms with van der Waals surface area (Å²) in [6.07, 6.45) is 4.53. The number of nitrogens with two attached hydrogens (primary N) is 1. The predicted molar refractivity (Wildman–Crippen MR) is 71.1 cm³/mol. The van der Waals surface area contributed by atoms with Gasteiger partial charge in [-0.2, -0.15) is 0 Å². The molecule has 2 N–H and O–H groups in total. The third kappa shape index (κ3) is 4.56. The van der Waals surface area contributed by atoms with E-state index in [4.69, 9.17) is 5.73 Å². The van der Waals surface area contributed by atoms with Crippen LogP contribution in [0.4, 0.5) is 0 Å². The van der Waals surface area contributed by atoms with Gasteiger partial charge in [0, 0.05) is 13.1 Å². The van der Waals surface area contributed by atoms with Gasteiger partial charge in [-0.3, -0.25) is 0 Å². The number of nitrogens with zero attached hydrogens (tertiary/aromatic N) is 1. The van der Waals surface area contributed by atoms with Gasteiger partial charge >= 0.3 is 0 Å². The molecule has 1 fully saturated rings. The third-order valence-electron chi connectivity index (χ3n) is 4.00. The summed E-state index contributed by atoms with van der Waals surface area (Å²) in [6.45, 7) is 6.49. The molecule has 102 valence electrons. The maximum Gasteiger partial charge on any atom is 0.211 e. The van der Waals surface area contributed by atoms with E-state index in [2.05, 4.69) is 13.8 Å². The summed E-state index contributed by atoms with van der Waals surface area (Å²) in [6, 6.07) is 0. The molecule has 1 aliphatic rings. The van der Waals surface area contributed by atoms with Crippen LogP contribution in [0.5, 0.6) is 0 Å². The van der Waals surface area contributed by atoms with Gasteiger partial charge in [-0.25, -0.2) is 12.7 Å². The fourth-order valence-electron chi connectivity index (χ4n) is 2.51. The van der Waals surface area contributed by atoms with Crippen LogP contribution in [-0.2, 0) is 10.0 Å². The van der Waals surface area contributed by atoms with Gasteiger partial charge < -0.3 is 5.73 Å². The Balaban J connectivity index is 2.50. The molecule has 0 aliphatic carbocycles. The SMILES string of the molecule is CC(CN)C(C)CC1CCCN(S(C)(=O)=O)C1. The minimum absolute atomic E-state index is 0.502. The van der Waals surface area contributed by atoms with E-state index >= 15 is 0 Å². The summed E-state index contributed by atoms with van der Waals surface area (Å²) in [5.41, 5.74) is 5.67. The highest BCUT2D eigenvalue weighted by Crippen LogP contribution is 2.27. The molecule has 1 heterocycles. The maximum atomic E-state index is 11.5. The van der Waals surface area contributed by atoms with E-state index in [-0.39, 0.29) is 0 Å². The number of sulfonamides is 1. The number of hydrogen-bond acceptors (Lipinski definition) is 3. The number of hydrogen-bond donors (Lipinski definition) is 1. The summed E-state index contributed by atoms with van der Waals surface area (Å²) in [4.78, 5) is 0. The lowest BCUT2D eigenvalue weighted by atomic mass is 9.84. The molecule has 3 atom stereocenters. The van der Waals surface area contributed by atoms with Crippen molar-refractivity contribution in [2.75, 3.05) is 25.9 Å².